The minimum Gasteiger partial charge on any atom is -0.368 e. The van der Waals surface area contributed by atoms with Crippen LogP contribution in [0.25, 0.3) is 11.1 Å². The number of aromatic nitrogens is 2. The van der Waals surface area contributed by atoms with Gasteiger partial charge in [0.1, 0.15) is 12.4 Å². The molecule has 0 fully saturated rings. The molecular formula is C15H15FIN3O2. The lowest BCUT2D eigenvalue weighted by molar-refractivity contribution is -0.118. The maximum Gasteiger partial charge on any atom is 0.267 e. The van der Waals surface area contributed by atoms with Gasteiger partial charge in [0.25, 0.3) is 5.56 Å². The number of primary amides is 1. The topological polar surface area (TPSA) is 78.0 Å². The summed E-state index contributed by atoms with van der Waals surface area (Å²) >= 11 is 2.01. The molecule has 7 heteroatoms. The minimum absolute atomic E-state index is 0.00402. The molecule has 2 N–H and O–H groups in total. The first-order valence-corrected chi connectivity index (χ1v) is 7.72. The second-order valence-corrected chi connectivity index (χ2v) is 6.46. The molecule has 1 amide bonds. The SMILES string of the molecule is CC(C)c1nn(CC(N)=O)c(=O)cc1-c1cc(F)cc(I)c1. The predicted octanol–water partition coefficient (Wildman–Crippen LogP) is 2.26. The molecule has 0 atom stereocenters. The number of hydrogen-bond acceptors (Lipinski definition) is 3. The molecular weight excluding hydrogens is 400 g/mol. The Morgan fingerprint density at radius 3 is 2.59 bits per heavy atom. The highest BCUT2D eigenvalue weighted by molar-refractivity contribution is 14.1. The number of amides is 1. The lowest BCUT2D eigenvalue weighted by Gasteiger charge is -2.14. The van der Waals surface area contributed by atoms with Gasteiger partial charge < -0.3 is 5.73 Å². The highest BCUT2D eigenvalue weighted by Crippen LogP contribution is 2.28. The molecule has 0 bridgehead atoms. The van der Waals surface area contributed by atoms with Gasteiger partial charge in [0.15, 0.2) is 0 Å². The monoisotopic (exact) mass is 415 g/mol. The molecule has 0 saturated carbocycles. The summed E-state index contributed by atoms with van der Waals surface area (Å²) in [4.78, 5) is 23.1. The van der Waals surface area contributed by atoms with Gasteiger partial charge in [-0.05, 0) is 52.3 Å². The molecule has 2 aromatic rings. The third-order valence-corrected chi connectivity index (χ3v) is 3.68. The molecule has 1 aromatic heterocycles. The molecule has 2 rings (SSSR count). The quantitative estimate of drug-likeness (QED) is 0.779. The number of benzene rings is 1. The Kier molecular flexibility index (Phi) is 4.94. The van der Waals surface area contributed by atoms with Crippen LogP contribution in [0.3, 0.4) is 0 Å². The zero-order chi connectivity index (χ0) is 16.4. The van der Waals surface area contributed by atoms with E-state index in [1.165, 1.54) is 18.2 Å². The van der Waals surface area contributed by atoms with Gasteiger partial charge in [-0.1, -0.05) is 13.8 Å². The zero-order valence-corrected chi connectivity index (χ0v) is 14.3. The summed E-state index contributed by atoms with van der Waals surface area (Å²) in [5.41, 5.74) is 6.44. The van der Waals surface area contributed by atoms with Gasteiger partial charge in [0.05, 0.1) is 5.69 Å². The Morgan fingerprint density at radius 1 is 1.36 bits per heavy atom. The average molecular weight is 415 g/mol. The first-order valence-electron chi connectivity index (χ1n) is 6.64. The molecule has 0 saturated heterocycles. The predicted molar refractivity (Wildman–Crippen MR) is 89.9 cm³/mol. The van der Waals surface area contributed by atoms with Crippen LogP contribution in [-0.2, 0) is 11.3 Å². The van der Waals surface area contributed by atoms with Crippen molar-refractivity contribution in [2.45, 2.75) is 26.3 Å². The molecule has 0 aliphatic rings. The molecule has 0 aliphatic carbocycles. The Bertz CT molecular complexity index is 767. The van der Waals surface area contributed by atoms with Crippen molar-refractivity contribution in [2.24, 2.45) is 5.73 Å². The first-order chi connectivity index (χ1) is 10.3. The smallest absolute Gasteiger partial charge is 0.267 e. The molecule has 22 heavy (non-hydrogen) atoms. The largest absolute Gasteiger partial charge is 0.368 e. The lowest BCUT2D eigenvalue weighted by atomic mass is 9.98. The number of carbonyl (C=O) groups excluding carboxylic acids is 1. The number of rotatable bonds is 4. The number of nitrogens with two attached hydrogens (primary N) is 1. The summed E-state index contributed by atoms with van der Waals surface area (Å²) < 4.78 is 15.4. The van der Waals surface area contributed by atoms with E-state index in [0.717, 1.165) is 8.25 Å². The number of halogens is 2. The summed E-state index contributed by atoms with van der Waals surface area (Å²) in [7, 11) is 0. The molecule has 0 spiro atoms. The minimum atomic E-state index is -0.641. The van der Waals surface area contributed by atoms with E-state index in [0.29, 0.717) is 16.8 Å². The first kappa shape index (κ1) is 16.6. The second-order valence-electron chi connectivity index (χ2n) is 5.22. The summed E-state index contributed by atoms with van der Waals surface area (Å²) in [6, 6.07) is 5.92. The molecule has 1 aromatic carbocycles. The Morgan fingerprint density at radius 2 is 2.05 bits per heavy atom. The van der Waals surface area contributed by atoms with E-state index in [4.69, 9.17) is 5.73 Å². The third-order valence-electron chi connectivity index (χ3n) is 3.05. The van der Waals surface area contributed by atoms with E-state index in [1.807, 2.05) is 36.4 Å². The highest BCUT2D eigenvalue weighted by Gasteiger charge is 2.15. The van der Waals surface area contributed by atoms with Crippen LogP contribution in [0.1, 0.15) is 25.5 Å². The molecule has 5 nitrogen and oxygen atoms in total. The van der Waals surface area contributed by atoms with Crippen molar-refractivity contribution >= 4 is 28.5 Å². The van der Waals surface area contributed by atoms with E-state index in [2.05, 4.69) is 5.10 Å². The summed E-state index contributed by atoms with van der Waals surface area (Å²) in [5.74, 6) is -1.02. The Hall–Kier alpha value is -1.77. The highest BCUT2D eigenvalue weighted by atomic mass is 127. The fourth-order valence-corrected chi connectivity index (χ4v) is 2.77. The van der Waals surface area contributed by atoms with Gasteiger partial charge in [-0.2, -0.15) is 5.10 Å². The normalized spacial score (nSPS) is 11.0. The van der Waals surface area contributed by atoms with Crippen LogP contribution in [0.4, 0.5) is 4.39 Å². The Labute approximate surface area is 140 Å². The molecule has 116 valence electrons. The van der Waals surface area contributed by atoms with Crippen molar-refractivity contribution in [2.75, 3.05) is 0 Å². The van der Waals surface area contributed by atoms with Crippen molar-refractivity contribution in [1.29, 1.82) is 0 Å². The summed E-state index contributed by atoms with van der Waals surface area (Å²) in [6.07, 6.45) is 0. The van der Waals surface area contributed by atoms with Crippen LogP contribution in [0.15, 0.2) is 29.1 Å². The fraction of sp³-hybridized carbons (Fsp3) is 0.267. The maximum atomic E-state index is 13.6. The van der Waals surface area contributed by atoms with Crippen molar-refractivity contribution in [3.05, 3.63) is 49.7 Å². The Balaban J connectivity index is 2.67. The van der Waals surface area contributed by atoms with Crippen molar-refractivity contribution in [1.82, 2.24) is 9.78 Å². The average Bonchev–Trinajstić information content (AvgIpc) is 2.38. The van der Waals surface area contributed by atoms with Crippen LogP contribution in [0.5, 0.6) is 0 Å². The second kappa shape index (κ2) is 6.55. The number of hydrogen-bond donors (Lipinski definition) is 1. The molecule has 0 radical (unpaired) electrons. The van der Waals surface area contributed by atoms with Gasteiger partial charge in [-0.15, -0.1) is 0 Å². The lowest BCUT2D eigenvalue weighted by Crippen LogP contribution is -2.30. The van der Waals surface area contributed by atoms with Crippen molar-refractivity contribution in [3.8, 4) is 11.1 Å². The van der Waals surface area contributed by atoms with Gasteiger partial charge in [-0.25, -0.2) is 9.07 Å². The summed E-state index contributed by atoms with van der Waals surface area (Å²) in [6.45, 7) is 3.55. The van der Waals surface area contributed by atoms with E-state index in [9.17, 15) is 14.0 Å². The van der Waals surface area contributed by atoms with E-state index in [-0.39, 0.29) is 18.3 Å². The fourth-order valence-electron chi connectivity index (χ4n) is 2.13. The van der Waals surface area contributed by atoms with Crippen LogP contribution in [-0.4, -0.2) is 15.7 Å². The molecule has 1 heterocycles. The van der Waals surface area contributed by atoms with Crippen LogP contribution in [0.2, 0.25) is 0 Å². The molecule has 0 unspecified atom stereocenters. The van der Waals surface area contributed by atoms with Gasteiger partial charge in [-0.3, -0.25) is 9.59 Å². The zero-order valence-electron chi connectivity index (χ0n) is 12.1. The molecule has 0 aliphatic heterocycles. The van der Waals surface area contributed by atoms with Crippen molar-refractivity contribution < 1.29 is 9.18 Å². The van der Waals surface area contributed by atoms with Crippen LogP contribution < -0.4 is 11.3 Å². The van der Waals surface area contributed by atoms with Crippen LogP contribution >= 0.6 is 22.6 Å². The number of nitrogens with zero attached hydrogens (tertiary/aromatic N) is 2. The number of carbonyl (C=O) groups is 1. The maximum absolute atomic E-state index is 13.6. The van der Waals surface area contributed by atoms with Gasteiger partial charge >= 0.3 is 0 Å². The van der Waals surface area contributed by atoms with Crippen LogP contribution in [0, 0.1) is 9.39 Å². The summed E-state index contributed by atoms with van der Waals surface area (Å²) in [5, 5.41) is 4.23. The van der Waals surface area contributed by atoms with Gasteiger partial charge in [0, 0.05) is 15.2 Å². The van der Waals surface area contributed by atoms with E-state index in [1.54, 1.807) is 6.07 Å². The van der Waals surface area contributed by atoms with Gasteiger partial charge in [0.2, 0.25) is 5.91 Å². The van der Waals surface area contributed by atoms with Crippen molar-refractivity contribution in [3.63, 3.8) is 0 Å². The standard InChI is InChI=1S/C15H15FIN3O2/c1-8(2)15-12(9-3-10(16)5-11(17)4-9)6-14(22)20(19-15)7-13(18)21/h3-6,8H,7H2,1-2H3,(H2,18,21). The van der Waals surface area contributed by atoms with E-state index < -0.39 is 11.5 Å². The third kappa shape index (κ3) is 3.70. The van der Waals surface area contributed by atoms with E-state index >= 15 is 0 Å².